The minimum atomic E-state index is -1.08. The van der Waals surface area contributed by atoms with Crippen molar-refractivity contribution in [2.75, 3.05) is 0 Å². The normalized spacial score (nSPS) is 5.36. The zero-order chi connectivity index (χ0) is 10.7. The third-order valence-electron chi connectivity index (χ3n) is 0. The molecule has 0 atom stereocenters. The van der Waals surface area contributed by atoms with Crippen LogP contribution in [-0.4, -0.2) is 23.4 Å². The maximum Gasteiger partial charge on any atom is 3.00 e. The number of hydrogen-bond donors (Lipinski definition) is 0. The van der Waals surface area contributed by atoms with Gasteiger partial charge in [-0.05, 0) is 20.8 Å². The Balaban J connectivity index is -0.0000000270. The van der Waals surface area contributed by atoms with Crippen LogP contribution in [0.1, 0.15) is 20.8 Å². The molecule has 0 unspecified atom stereocenters. The van der Waals surface area contributed by atoms with E-state index in [1.165, 1.54) is 0 Å². The summed E-state index contributed by atoms with van der Waals surface area (Å²) in [7, 11) is 0. The Morgan fingerprint density at radius 1 is 0.714 bits per heavy atom. The van der Waals surface area contributed by atoms with Crippen molar-refractivity contribution in [1.82, 2.24) is 0 Å². The summed E-state index contributed by atoms with van der Waals surface area (Å²) in [6.45, 7) is 2.92. The molecule has 0 rings (SSSR count). The summed E-state index contributed by atoms with van der Waals surface area (Å²) in [5.74, 6) is -3.25. The molecule has 14 heavy (non-hydrogen) atoms. The largest absolute Gasteiger partial charge is 3.00 e. The summed E-state index contributed by atoms with van der Waals surface area (Å²) in [5, 5.41) is 26.7. The van der Waals surface area contributed by atoms with Crippen molar-refractivity contribution in [3.8, 4) is 0 Å². The van der Waals surface area contributed by atoms with E-state index in [9.17, 15) is 0 Å². The summed E-state index contributed by atoms with van der Waals surface area (Å²) in [6, 6.07) is 0. The predicted octanol–water partition coefficient (Wildman–Crippen LogP) is -4.56. The molecule has 2 N–H and O–H groups in total. The minimum absolute atomic E-state index is 0. The van der Waals surface area contributed by atoms with Gasteiger partial charge in [-0.3, -0.25) is 0 Å². The standard InChI is InChI=1S/3C2H4O2.Ce.H2O/c3*1-2(3)4;;/h3*1H3,(H,3,4);;1H2/q;;;+3;/p-3. The fraction of sp³-hybridized carbons (Fsp3) is 0.500. The first-order valence-electron chi connectivity index (χ1n) is 2.72. The molecule has 0 saturated heterocycles. The van der Waals surface area contributed by atoms with E-state index >= 15 is 0 Å². The Bertz CT molecular complexity index is 116. The molecule has 0 fully saturated rings. The van der Waals surface area contributed by atoms with Crippen molar-refractivity contribution >= 4 is 17.9 Å². The van der Waals surface area contributed by atoms with Crippen LogP contribution in [-0.2, 0) is 14.4 Å². The van der Waals surface area contributed by atoms with Crippen LogP contribution >= 0.6 is 0 Å². The van der Waals surface area contributed by atoms with E-state index in [-0.39, 0.29) is 47.2 Å². The third kappa shape index (κ3) is 21100. The second kappa shape index (κ2) is 23.0. The van der Waals surface area contributed by atoms with Gasteiger partial charge in [0.15, 0.2) is 0 Å². The van der Waals surface area contributed by atoms with E-state index in [0.717, 1.165) is 20.8 Å². The number of carbonyl (C=O) groups is 3. The zero-order valence-electron chi connectivity index (χ0n) is 7.95. The summed E-state index contributed by atoms with van der Waals surface area (Å²) in [6.07, 6.45) is 0. The van der Waals surface area contributed by atoms with Gasteiger partial charge in [-0.2, -0.15) is 0 Å². The summed E-state index contributed by atoms with van der Waals surface area (Å²) >= 11 is 0. The first-order valence-corrected chi connectivity index (χ1v) is 2.72. The van der Waals surface area contributed by atoms with Crippen molar-refractivity contribution in [2.24, 2.45) is 0 Å². The van der Waals surface area contributed by atoms with E-state index in [2.05, 4.69) is 0 Å². The number of carboxylic acids is 3. The second-order valence-corrected chi connectivity index (χ2v) is 1.47. The van der Waals surface area contributed by atoms with Gasteiger partial charge in [-0.25, -0.2) is 0 Å². The number of hydrogen-bond acceptors (Lipinski definition) is 6. The van der Waals surface area contributed by atoms with Crippen LogP contribution in [0.25, 0.3) is 0 Å². The van der Waals surface area contributed by atoms with E-state index in [0.29, 0.717) is 0 Å². The molecule has 1 radical (unpaired) electrons. The molecule has 0 aromatic heterocycles. The van der Waals surface area contributed by atoms with Crippen molar-refractivity contribution in [3.05, 3.63) is 0 Å². The smallest absolute Gasteiger partial charge is 0.550 e. The topological polar surface area (TPSA) is 152 Å². The number of aliphatic carboxylic acids is 3. The van der Waals surface area contributed by atoms with E-state index < -0.39 is 17.9 Å². The Morgan fingerprint density at radius 3 is 0.714 bits per heavy atom. The van der Waals surface area contributed by atoms with E-state index in [1.54, 1.807) is 0 Å². The van der Waals surface area contributed by atoms with Gasteiger partial charge in [-0.15, -0.1) is 0 Å². The molecule has 0 aromatic rings. The number of carboxylic acid groups (broad SMARTS) is 3. The van der Waals surface area contributed by atoms with Gasteiger partial charge in [0.1, 0.15) is 0 Å². The quantitative estimate of drug-likeness (QED) is 0.434. The van der Waals surface area contributed by atoms with Crippen molar-refractivity contribution in [2.45, 2.75) is 20.8 Å². The van der Waals surface area contributed by atoms with Crippen LogP contribution in [0.2, 0.25) is 0 Å². The number of rotatable bonds is 0. The van der Waals surface area contributed by atoms with E-state index in [1.807, 2.05) is 0 Å². The van der Waals surface area contributed by atoms with Crippen LogP contribution < -0.4 is 15.3 Å². The summed E-state index contributed by atoms with van der Waals surface area (Å²) in [5.41, 5.74) is 0. The van der Waals surface area contributed by atoms with Gasteiger partial charge < -0.3 is 35.2 Å². The molecule has 0 amide bonds. The summed E-state index contributed by atoms with van der Waals surface area (Å²) in [4.78, 5) is 26.7. The van der Waals surface area contributed by atoms with Crippen LogP contribution in [0.4, 0.5) is 0 Å². The average molecular weight is 335 g/mol. The molecular weight excluding hydrogens is 324 g/mol. The maximum absolute atomic E-state index is 8.89. The maximum atomic E-state index is 8.89. The molecule has 8 heteroatoms. The van der Waals surface area contributed by atoms with E-state index in [4.69, 9.17) is 29.7 Å². The van der Waals surface area contributed by atoms with Gasteiger partial charge in [0.25, 0.3) is 0 Å². The molecular formula is C6H11CeO7. The van der Waals surface area contributed by atoms with Crippen LogP contribution in [0.15, 0.2) is 0 Å². The molecule has 0 heterocycles. The SMILES string of the molecule is CC(=O)[O-].CC(=O)[O-].CC(=O)[O-].O.[Ce+3]. The zero-order valence-corrected chi connectivity index (χ0v) is 11.1. The molecule has 0 saturated carbocycles. The van der Waals surface area contributed by atoms with Gasteiger partial charge in [0, 0.05) is 17.9 Å². The molecule has 0 aliphatic heterocycles. The van der Waals surface area contributed by atoms with Gasteiger partial charge in [0.05, 0.1) is 0 Å². The van der Waals surface area contributed by atoms with Gasteiger partial charge >= 0.3 is 41.7 Å². The van der Waals surface area contributed by atoms with Crippen molar-refractivity contribution < 1.29 is 76.9 Å². The van der Waals surface area contributed by atoms with Gasteiger partial charge in [-0.1, -0.05) is 0 Å². The van der Waals surface area contributed by atoms with Crippen LogP contribution in [0.5, 0.6) is 0 Å². The Kier molecular flexibility index (Phi) is 47.9. The van der Waals surface area contributed by atoms with Gasteiger partial charge in [0.2, 0.25) is 0 Å². The third-order valence-corrected chi connectivity index (χ3v) is 0. The molecule has 0 aliphatic rings. The van der Waals surface area contributed by atoms with Crippen LogP contribution in [0, 0.1) is 41.7 Å². The minimum Gasteiger partial charge on any atom is -0.550 e. The average Bonchev–Trinajstić information content (AvgIpc) is 1.54. The predicted molar refractivity (Wildman–Crippen MR) is 35.7 cm³/mol. The molecule has 81 valence electrons. The van der Waals surface area contributed by atoms with Crippen molar-refractivity contribution in [3.63, 3.8) is 0 Å². The number of carbonyl (C=O) groups excluding carboxylic acids is 3. The molecule has 0 aliphatic carbocycles. The molecule has 7 nitrogen and oxygen atoms in total. The molecule has 0 bridgehead atoms. The molecule has 0 spiro atoms. The molecule has 0 aromatic carbocycles. The second-order valence-electron chi connectivity index (χ2n) is 1.47. The fourth-order valence-corrected chi connectivity index (χ4v) is 0. The van der Waals surface area contributed by atoms with Crippen molar-refractivity contribution in [1.29, 1.82) is 0 Å². The summed E-state index contributed by atoms with van der Waals surface area (Å²) < 4.78 is 0. The Morgan fingerprint density at radius 2 is 0.714 bits per heavy atom. The monoisotopic (exact) mass is 335 g/mol. The Labute approximate surface area is 115 Å². The fourth-order valence-electron chi connectivity index (χ4n) is 0. The first-order chi connectivity index (χ1) is 5.20. The first kappa shape index (κ1) is 29.2. The Hall–Kier alpha value is -0.253. The van der Waals surface area contributed by atoms with Crippen LogP contribution in [0.3, 0.4) is 0 Å².